The van der Waals surface area contributed by atoms with Gasteiger partial charge < -0.3 is 5.32 Å². The molecule has 0 saturated carbocycles. The average molecular weight is 286 g/mol. The van der Waals surface area contributed by atoms with Crippen LogP contribution < -0.4 is 5.32 Å². The number of rotatable bonds is 4. The number of nitrogens with one attached hydrogen (secondary N) is 1. The fourth-order valence-corrected chi connectivity index (χ4v) is 3.46. The Labute approximate surface area is 127 Å². The number of hydrogen-bond acceptors (Lipinski definition) is 3. The van der Waals surface area contributed by atoms with Crippen LogP contribution in [0.5, 0.6) is 0 Å². The number of piperidine rings is 1. The van der Waals surface area contributed by atoms with Crippen molar-refractivity contribution >= 4 is 10.9 Å². The van der Waals surface area contributed by atoms with E-state index in [-0.39, 0.29) is 0 Å². The van der Waals surface area contributed by atoms with Crippen LogP contribution in [0.15, 0.2) is 24.3 Å². The minimum Gasteiger partial charge on any atom is -0.317 e. The summed E-state index contributed by atoms with van der Waals surface area (Å²) in [5.74, 6) is 0.812. The van der Waals surface area contributed by atoms with Crippen molar-refractivity contribution in [3.8, 4) is 0 Å². The van der Waals surface area contributed by atoms with Crippen LogP contribution in [0, 0.1) is 5.92 Å². The molecule has 0 bridgehead atoms. The van der Waals surface area contributed by atoms with Gasteiger partial charge in [-0.2, -0.15) is 5.10 Å². The molecule has 0 spiro atoms. The van der Waals surface area contributed by atoms with Crippen molar-refractivity contribution in [2.45, 2.75) is 32.4 Å². The monoisotopic (exact) mass is 286 g/mol. The highest BCUT2D eigenvalue weighted by Gasteiger charge is 2.23. The Kier molecular flexibility index (Phi) is 4.27. The molecule has 0 radical (unpaired) electrons. The fourth-order valence-electron chi connectivity index (χ4n) is 3.46. The van der Waals surface area contributed by atoms with Gasteiger partial charge in [0.15, 0.2) is 0 Å². The molecule has 1 atom stereocenters. The van der Waals surface area contributed by atoms with E-state index in [4.69, 9.17) is 5.10 Å². The summed E-state index contributed by atoms with van der Waals surface area (Å²) >= 11 is 0. The van der Waals surface area contributed by atoms with Gasteiger partial charge in [0, 0.05) is 25.0 Å². The van der Waals surface area contributed by atoms with E-state index in [1.165, 1.54) is 42.5 Å². The van der Waals surface area contributed by atoms with Crippen molar-refractivity contribution in [1.82, 2.24) is 20.0 Å². The Morgan fingerprint density at radius 2 is 2.00 bits per heavy atom. The maximum atomic E-state index is 4.72. The standard InChI is InChI=1S/C17H26N4/c1-13(18-2)14-8-10-21(11-9-14)12-16-15-6-4-5-7-17(15)20(3)19-16/h4-7,13-14,18H,8-12H2,1-3H3. The van der Waals surface area contributed by atoms with Gasteiger partial charge in [0.1, 0.15) is 0 Å². The van der Waals surface area contributed by atoms with Crippen LogP contribution in [0.1, 0.15) is 25.5 Å². The number of para-hydroxylation sites is 1. The van der Waals surface area contributed by atoms with Gasteiger partial charge in [-0.25, -0.2) is 0 Å². The molecule has 4 nitrogen and oxygen atoms in total. The molecule has 1 aliphatic rings. The first-order valence-electron chi connectivity index (χ1n) is 7.99. The Hall–Kier alpha value is -1.39. The van der Waals surface area contributed by atoms with Gasteiger partial charge in [-0.05, 0) is 51.9 Å². The van der Waals surface area contributed by atoms with E-state index < -0.39 is 0 Å². The van der Waals surface area contributed by atoms with Crippen LogP contribution in [0.4, 0.5) is 0 Å². The van der Waals surface area contributed by atoms with Crippen molar-refractivity contribution in [2.24, 2.45) is 13.0 Å². The topological polar surface area (TPSA) is 33.1 Å². The highest BCUT2D eigenvalue weighted by molar-refractivity contribution is 5.81. The number of benzene rings is 1. The molecule has 114 valence electrons. The lowest BCUT2D eigenvalue weighted by Gasteiger charge is -2.34. The van der Waals surface area contributed by atoms with Crippen LogP contribution in [-0.4, -0.2) is 40.9 Å². The molecule has 2 heterocycles. The zero-order valence-corrected chi connectivity index (χ0v) is 13.3. The first kappa shape index (κ1) is 14.5. The number of hydrogen-bond donors (Lipinski definition) is 1. The first-order valence-corrected chi connectivity index (χ1v) is 7.99. The molecule has 1 unspecified atom stereocenters. The molecule has 1 aliphatic heterocycles. The maximum absolute atomic E-state index is 4.72. The van der Waals surface area contributed by atoms with E-state index in [0.29, 0.717) is 6.04 Å². The quantitative estimate of drug-likeness (QED) is 0.937. The third-order valence-corrected chi connectivity index (χ3v) is 5.00. The third kappa shape index (κ3) is 2.97. The zero-order valence-electron chi connectivity index (χ0n) is 13.3. The first-order chi connectivity index (χ1) is 10.2. The molecule has 4 heteroatoms. The second-order valence-corrected chi connectivity index (χ2v) is 6.28. The Bertz CT molecular complexity index is 596. The van der Waals surface area contributed by atoms with Gasteiger partial charge in [-0.1, -0.05) is 18.2 Å². The zero-order chi connectivity index (χ0) is 14.8. The summed E-state index contributed by atoms with van der Waals surface area (Å²) in [5, 5.41) is 9.41. The van der Waals surface area contributed by atoms with Gasteiger partial charge in [0.25, 0.3) is 0 Å². The van der Waals surface area contributed by atoms with Crippen molar-refractivity contribution in [3.05, 3.63) is 30.0 Å². The average Bonchev–Trinajstić information content (AvgIpc) is 2.84. The van der Waals surface area contributed by atoms with E-state index in [0.717, 1.165) is 12.5 Å². The number of aryl methyl sites for hydroxylation is 1. The molecular formula is C17H26N4. The highest BCUT2D eigenvalue weighted by Crippen LogP contribution is 2.24. The second kappa shape index (κ2) is 6.16. The molecule has 1 aromatic heterocycles. The maximum Gasteiger partial charge on any atom is 0.0843 e. The normalized spacial score (nSPS) is 19.2. The van der Waals surface area contributed by atoms with Gasteiger partial charge in [-0.15, -0.1) is 0 Å². The predicted octanol–water partition coefficient (Wildman–Crippen LogP) is 2.39. The largest absolute Gasteiger partial charge is 0.317 e. The summed E-state index contributed by atoms with van der Waals surface area (Å²) in [5.41, 5.74) is 2.44. The van der Waals surface area contributed by atoms with E-state index in [1.54, 1.807) is 0 Å². The molecule has 3 rings (SSSR count). The summed E-state index contributed by atoms with van der Waals surface area (Å²) in [7, 11) is 4.10. The second-order valence-electron chi connectivity index (χ2n) is 6.28. The third-order valence-electron chi connectivity index (χ3n) is 5.00. The number of likely N-dealkylation sites (tertiary alicyclic amines) is 1. The van der Waals surface area contributed by atoms with Crippen molar-refractivity contribution < 1.29 is 0 Å². The van der Waals surface area contributed by atoms with Crippen LogP contribution >= 0.6 is 0 Å². The number of fused-ring (bicyclic) bond motifs is 1. The number of aromatic nitrogens is 2. The predicted molar refractivity (Wildman–Crippen MR) is 87.2 cm³/mol. The summed E-state index contributed by atoms with van der Waals surface area (Å²) in [6.07, 6.45) is 2.57. The van der Waals surface area contributed by atoms with Gasteiger partial charge in [0.05, 0.1) is 11.2 Å². The van der Waals surface area contributed by atoms with E-state index in [1.807, 2.05) is 11.7 Å². The van der Waals surface area contributed by atoms with Crippen molar-refractivity contribution in [3.63, 3.8) is 0 Å². The molecule has 21 heavy (non-hydrogen) atoms. The summed E-state index contributed by atoms with van der Waals surface area (Å²) < 4.78 is 2.00. The molecule has 1 N–H and O–H groups in total. The van der Waals surface area contributed by atoms with E-state index in [2.05, 4.69) is 48.5 Å². The Morgan fingerprint density at radius 3 is 2.71 bits per heavy atom. The minimum atomic E-state index is 0.628. The molecule has 0 amide bonds. The lowest BCUT2D eigenvalue weighted by Crippen LogP contribution is -2.40. The molecule has 0 aliphatic carbocycles. The SMILES string of the molecule is CNC(C)C1CCN(Cc2nn(C)c3ccccc23)CC1. The lowest BCUT2D eigenvalue weighted by atomic mass is 9.90. The summed E-state index contributed by atoms with van der Waals surface area (Å²) in [6, 6.07) is 9.15. The minimum absolute atomic E-state index is 0.628. The summed E-state index contributed by atoms with van der Waals surface area (Å²) in [4.78, 5) is 2.55. The van der Waals surface area contributed by atoms with E-state index >= 15 is 0 Å². The smallest absolute Gasteiger partial charge is 0.0843 e. The van der Waals surface area contributed by atoms with Crippen LogP contribution in [-0.2, 0) is 13.6 Å². The van der Waals surface area contributed by atoms with Gasteiger partial charge in [0.2, 0.25) is 0 Å². The highest BCUT2D eigenvalue weighted by atomic mass is 15.3. The lowest BCUT2D eigenvalue weighted by molar-refractivity contribution is 0.157. The fraction of sp³-hybridized carbons (Fsp3) is 0.588. The molecule has 2 aromatic rings. The Balaban J connectivity index is 1.67. The summed E-state index contributed by atoms with van der Waals surface area (Å²) in [6.45, 7) is 5.64. The van der Waals surface area contributed by atoms with E-state index in [9.17, 15) is 0 Å². The molecule has 1 aromatic carbocycles. The van der Waals surface area contributed by atoms with Crippen molar-refractivity contribution in [2.75, 3.05) is 20.1 Å². The van der Waals surface area contributed by atoms with Gasteiger partial charge in [-0.3, -0.25) is 9.58 Å². The molecule has 1 saturated heterocycles. The van der Waals surface area contributed by atoms with Gasteiger partial charge >= 0.3 is 0 Å². The van der Waals surface area contributed by atoms with Crippen LogP contribution in [0.3, 0.4) is 0 Å². The Morgan fingerprint density at radius 1 is 1.29 bits per heavy atom. The molecule has 1 fully saturated rings. The van der Waals surface area contributed by atoms with Crippen molar-refractivity contribution in [1.29, 1.82) is 0 Å². The van der Waals surface area contributed by atoms with Crippen LogP contribution in [0.2, 0.25) is 0 Å². The number of nitrogens with zero attached hydrogens (tertiary/aromatic N) is 3. The molecular weight excluding hydrogens is 260 g/mol. The van der Waals surface area contributed by atoms with Crippen LogP contribution in [0.25, 0.3) is 10.9 Å².